The molecule has 2 heterocycles. The van der Waals surface area contributed by atoms with Gasteiger partial charge in [-0.1, -0.05) is 0 Å². The topological polar surface area (TPSA) is 99.1 Å². The lowest BCUT2D eigenvalue weighted by molar-refractivity contribution is -0.234. The van der Waals surface area contributed by atoms with Gasteiger partial charge in [0.2, 0.25) is 5.91 Å². The first-order chi connectivity index (χ1) is 11.3. The van der Waals surface area contributed by atoms with Gasteiger partial charge in [0.25, 0.3) is 0 Å². The van der Waals surface area contributed by atoms with Crippen LogP contribution in [-0.2, 0) is 4.79 Å². The fraction of sp³-hybridized carbons (Fsp3) is 0.889. The number of piperidine rings is 1. The molecule has 1 amide bonds. The first-order valence-corrected chi connectivity index (χ1v) is 9.40. The average molecular weight is 331 g/mol. The van der Waals surface area contributed by atoms with E-state index in [0.29, 0.717) is 43.0 Å². The van der Waals surface area contributed by atoms with E-state index in [-0.39, 0.29) is 11.9 Å². The van der Waals surface area contributed by atoms with E-state index < -0.39 is 22.7 Å². The third kappa shape index (κ3) is 1.59. The fourth-order valence-electron chi connectivity index (χ4n) is 7.58. The van der Waals surface area contributed by atoms with Crippen molar-refractivity contribution >= 4 is 11.7 Å². The highest BCUT2D eigenvalue weighted by Crippen LogP contribution is 2.65. The molecule has 6 nitrogen and oxygen atoms in total. The maximum Gasteiger partial charge on any atom is 0.248 e. The predicted octanol–water partition coefficient (Wildman–Crippen LogP) is 0.161. The highest BCUT2D eigenvalue weighted by atomic mass is 16.3. The molecule has 0 aromatic carbocycles. The summed E-state index contributed by atoms with van der Waals surface area (Å²) in [5.74, 6) is 1.61. The number of nitrogens with two attached hydrogens (primary N) is 1. The maximum atomic E-state index is 13.3. The lowest BCUT2D eigenvalue weighted by Crippen LogP contribution is -2.68. The van der Waals surface area contributed by atoms with E-state index >= 15 is 0 Å². The van der Waals surface area contributed by atoms with Gasteiger partial charge in [-0.25, -0.2) is 0 Å². The molecule has 4 bridgehead atoms. The molecule has 2 aliphatic heterocycles. The standard InChI is InChI=1S/C18H25N3O3/c19-14-12-2-10-1-11(10)21(12)15(22)13(20-14)16-3-9-4-17(23,6-16)8-18(24,5-9)7-16/h9-13,23-24H,1-8H2,(H2,19,20)/t9?,10-,11-,12+,13+,16?,17-,18+/m0/s1. The molecule has 2 unspecified atom stereocenters. The summed E-state index contributed by atoms with van der Waals surface area (Å²) in [5, 5.41) is 22.0. The lowest BCUT2D eigenvalue weighted by atomic mass is 9.44. The van der Waals surface area contributed by atoms with Crippen LogP contribution in [0.3, 0.4) is 0 Å². The smallest absolute Gasteiger partial charge is 0.248 e. The average Bonchev–Trinajstić information content (AvgIpc) is 3.09. The van der Waals surface area contributed by atoms with Crippen molar-refractivity contribution in [1.82, 2.24) is 4.90 Å². The summed E-state index contributed by atoms with van der Waals surface area (Å²) in [6.45, 7) is 0. The number of aliphatic imine (C=N–C) groups is 1. The van der Waals surface area contributed by atoms with Gasteiger partial charge in [0.1, 0.15) is 11.9 Å². The van der Waals surface area contributed by atoms with Crippen molar-refractivity contribution < 1.29 is 15.0 Å². The molecule has 24 heavy (non-hydrogen) atoms. The minimum atomic E-state index is -0.831. The monoisotopic (exact) mass is 331 g/mol. The lowest BCUT2D eigenvalue weighted by Gasteiger charge is -2.64. The quantitative estimate of drug-likeness (QED) is 0.637. The molecular formula is C18H25N3O3. The van der Waals surface area contributed by atoms with Gasteiger partial charge < -0.3 is 20.8 Å². The van der Waals surface area contributed by atoms with Crippen LogP contribution in [0.15, 0.2) is 4.99 Å². The number of hydrogen-bond acceptors (Lipinski definition) is 5. The summed E-state index contributed by atoms with van der Waals surface area (Å²) >= 11 is 0. The van der Waals surface area contributed by atoms with E-state index in [4.69, 9.17) is 10.7 Å². The molecule has 4 N–H and O–H groups in total. The van der Waals surface area contributed by atoms with Crippen LogP contribution in [0.2, 0.25) is 0 Å². The highest BCUT2D eigenvalue weighted by molar-refractivity contribution is 5.99. The van der Waals surface area contributed by atoms with Crippen LogP contribution >= 0.6 is 0 Å². The number of carbonyl (C=O) groups is 1. The Balaban J connectivity index is 1.43. The Labute approximate surface area is 141 Å². The van der Waals surface area contributed by atoms with E-state index in [1.54, 1.807) is 0 Å². The van der Waals surface area contributed by atoms with Gasteiger partial charge in [-0.05, 0) is 56.8 Å². The Bertz CT molecular complexity index is 673. The number of carbonyl (C=O) groups excluding carboxylic acids is 1. The second-order valence-electron chi connectivity index (χ2n) is 9.84. The first-order valence-electron chi connectivity index (χ1n) is 9.40. The Morgan fingerprint density at radius 2 is 1.79 bits per heavy atom. The summed E-state index contributed by atoms with van der Waals surface area (Å²) < 4.78 is 0. The van der Waals surface area contributed by atoms with Crippen LogP contribution in [0.5, 0.6) is 0 Å². The van der Waals surface area contributed by atoms with Crippen molar-refractivity contribution in [3.63, 3.8) is 0 Å². The molecule has 130 valence electrons. The van der Waals surface area contributed by atoms with Gasteiger partial charge in [0, 0.05) is 17.9 Å². The van der Waals surface area contributed by atoms with E-state index in [1.807, 2.05) is 4.90 Å². The van der Waals surface area contributed by atoms with Gasteiger partial charge in [-0.2, -0.15) is 0 Å². The molecule has 5 saturated carbocycles. The minimum Gasteiger partial charge on any atom is -0.390 e. The number of nitrogens with zero attached hydrogens (tertiary/aromatic N) is 2. The molecule has 7 aliphatic rings. The number of rotatable bonds is 1. The molecule has 7 rings (SSSR count). The van der Waals surface area contributed by atoms with Gasteiger partial charge in [0.15, 0.2) is 0 Å². The summed E-state index contributed by atoms with van der Waals surface area (Å²) in [4.78, 5) is 20.0. The van der Waals surface area contributed by atoms with Crippen LogP contribution in [0.25, 0.3) is 0 Å². The fourth-order valence-corrected chi connectivity index (χ4v) is 7.58. The third-order valence-corrected chi connectivity index (χ3v) is 7.85. The molecule has 6 heteroatoms. The Morgan fingerprint density at radius 3 is 2.46 bits per heavy atom. The van der Waals surface area contributed by atoms with Gasteiger partial charge >= 0.3 is 0 Å². The molecule has 1 saturated heterocycles. The summed E-state index contributed by atoms with van der Waals surface area (Å²) in [6, 6.07) is -0.147. The number of amides is 1. The first kappa shape index (κ1) is 14.1. The minimum absolute atomic E-state index is 0.00224. The molecule has 5 aliphatic carbocycles. The van der Waals surface area contributed by atoms with Crippen LogP contribution in [0.1, 0.15) is 51.4 Å². The van der Waals surface area contributed by atoms with E-state index in [2.05, 4.69) is 0 Å². The van der Waals surface area contributed by atoms with E-state index in [0.717, 1.165) is 32.1 Å². The van der Waals surface area contributed by atoms with Gasteiger partial charge in [-0.15, -0.1) is 0 Å². The molecule has 0 spiro atoms. The van der Waals surface area contributed by atoms with Crippen molar-refractivity contribution in [2.45, 2.75) is 80.7 Å². The van der Waals surface area contributed by atoms with Crippen LogP contribution < -0.4 is 5.73 Å². The van der Waals surface area contributed by atoms with E-state index in [1.165, 1.54) is 0 Å². The third-order valence-electron chi connectivity index (χ3n) is 7.85. The summed E-state index contributed by atoms with van der Waals surface area (Å²) in [7, 11) is 0. The second kappa shape index (κ2) is 3.83. The van der Waals surface area contributed by atoms with Gasteiger partial charge in [0.05, 0.1) is 17.2 Å². The second-order valence-corrected chi connectivity index (χ2v) is 9.84. The number of fused-ring (bicyclic) bond motifs is 3. The molecule has 8 atom stereocenters. The largest absolute Gasteiger partial charge is 0.390 e. The summed E-state index contributed by atoms with van der Waals surface area (Å²) in [6.07, 6.45) is 6.08. The zero-order chi connectivity index (χ0) is 16.5. The maximum absolute atomic E-state index is 13.3. The van der Waals surface area contributed by atoms with Crippen LogP contribution in [-0.4, -0.2) is 56.2 Å². The van der Waals surface area contributed by atoms with Crippen molar-refractivity contribution in [1.29, 1.82) is 0 Å². The van der Waals surface area contributed by atoms with Crippen LogP contribution in [0.4, 0.5) is 0 Å². The molecule has 0 aromatic heterocycles. The van der Waals surface area contributed by atoms with Gasteiger partial charge in [-0.3, -0.25) is 9.79 Å². The van der Waals surface area contributed by atoms with Crippen molar-refractivity contribution in [2.24, 2.45) is 28.0 Å². The predicted molar refractivity (Wildman–Crippen MR) is 86.1 cm³/mol. The number of hydrogen-bond donors (Lipinski definition) is 3. The molecular weight excluding hydrogens is 306 g/mol. The summed E-state index contributed by atoms with van der Waals surface area (Å²) in [5.41, 5.74) is 4.20. The van der Waals surface area contributed by atoms with Crippen LogP contribution in [0, 0.1) is 17.3 Å². The molecule has 0 aromatic rings. The Kier molecular flexibility index (Phi) is 2.24. The van der Waals surface area contributed by atoms with Crippen molar-refractivity contribution in [3.8, 4) is 0 Å². The van der Waals surface area contributed by atoms with E-state index in [9.17, 15) is 15.0 Å². The Hall–Kier alpha value is -1.14. The SMILES string of the molecule is NC1=N[C@@H](C23CC4C[C@@](O)(C2)C[C@](O)(C4)C3)C(=O)N2[C@@H]1C[C@@H]1C[C@@H]12. The zero-order valence-corrected chi connectivity index (χ0v) is 13.8. The molecule has 6 fully saturated rings. The zero-order valence-electron chi connectivity index (χ0n) is 13.8. The number of aliphatic hydroxyl groups is 2. The molecule has 0 radical (unpaired) electrons. The van der Waals surface area contributed by atoms with Crippen molar-refractivity contribution in [3.05, 3.63) is 0 Å². The Morgan fingerprint density at radius 1 is 1.08 bits per heavy atom. The highest BCUT2D eigenvalue weighted by Gasteiger charge is 2.68. The number of amidine groups is 1. The van der Waals surface area contributed by atoms with Crippen molar-refractivity contribution in [2.75, 3.05) is 0 Å². The normalized spacial score (nSPS) is 60.1.